The van der Waals surface area contributed by atoms with E-state index in [1.807, 2.05) is 11.9 Å². The van der Waals surface area contributed by atoms with E-state index in [-0.39, 0.29) is 12.6 Å². The molecule has 2 unspecified atom stereocenters. The number of likely N-dealkylation sites (N-methyl/N-ethyl adjacent to an activating group) is 1. The van der Waals surface area contributed by atoms with Crippen molar-refractivity contribution in [1.82, 2.24) is 4.90 Å². The maximum atomic E-state index is 12.5. The Balaban J connectivity index is 0.000000354. The summed E-state index contributed by atoms with van der Waals surface area (Å²) >= 11 is 0. The lowest BCUT2D eigenvalue weighted by molar-refractivity contribution is 0.182. The highest BCUT2D eigenvalue weighted by molar-refractivity contribution is 4.81. The minimum Gasteiger partial charge on any atom is -0.395 e. The fourth-order valence-corrected chi connectivity index (χ4v) is 1.23. The van der Waals surface area contributed by atoms with Gasteiger partial charge in [0.05, 0.1) is 6.61 Å². The van der Waals surface area contributed by atoms with E-state index in [1.165, 1.54) is 6.42 Å². The second-order valence-electron chi connectivity index (χ2n) is 3.32. The van der Waals surface area contributed by atoms with E-state index in [4.69, 9.17) is 5.11 Å². The van der Waals surface area contributed by atoms with Crippen LogP contribution >= 0.6 is 0 Å². The average molecular weight is 177 g/mol. The number of likely N-dealkylation sites (tertiary alicyclic amines) is 1. The lowest BCUT2D eigenvalue weighted by Gasteiger charge is -2.14. The fourth-order valence-electron chi connectivity index (χ4n) is 1.23. The molecular formula is C9H20FNO. The van der Waals surface area contributed by atoms with Gasteiger partial charge in [0.15, 0.2) is 0 Å². The van der Waals surface area contributed by atoms with Crippen molar-refractivity contribution in [2.24, 2.45) is 0 Å². The summed E-state index contributed by atoms with van der Waals surface area (Å²) in [6, 6.07) is 0.0556. The van der Waals surface area contributed by atoms with Crippen molar-refractivity contribution in [3.63, 3.8) is 0 Å². The predicted molar refractivity (Wildman–Crippen MR) is 49.0 cm³/mol. The minimum atomic E-state index is -0.729. The van der Waals surface area contributed by atoms with E-state index < -0.39 is 6.17 Å². The third kappa shape index (κ3) is 4.02. The van der Waals surface area contributed by atoms with Gasteiger partial charge in [0.1, 0.15) is 6.17 Å². The maximum Gasteiger partial charge on any atom is 0.114 e. The predicted octanol–water partition coefficient (Wildman–Crippen LogP) is 1.44. The highest BCUT2D eigenvalue weighted by Gasteiger charge is 2.28. The SMILES string of the molecule is CCC.CN1CC(F)CC1CO. The smallest absolute Gasteiger partial charge is 0.114 e. The molecule has 1 fully saturated rings. The summed E-state index contributed by atoms with van der Waals surface area (Å²) < 4.78 is 12.5. The molecule has 0 saturated carbocycles. The van der Waals surface area contributed by atoms with Gasteiger partial charge >= 0.3 is 0 Å². The molecule has 0 aromatic rings. The zero-order valence-electron chi connectivity index (χ0n) is 8.26. The number of alkyl halides is 1. The molecule has 12 heavy (non-hydrogen) atoms. The lowest BCUT2D eigenvalue weighted by Crippen LogP contribution is -2.27. The van der Waals surface area contributed by atoms with Crippen LogP contribution in [0.1, 0.15) is 26.7 Å². The molecule has 1 N–H and O–H groups in total. The van der Waals surface area contributed by atoms with Crippen molar-refractivity contribution in [3.8, 4) is 0 Å². The van der Waals surface area contributed by atoms with E-state index >= 15 is 0 Å². The summed E-state index contributed by atoms with van der Waals surface area (Å²) in [5.41, 5.74) is 0. The molecule has 0 spiro atoms. The first-order valence-electron chi connectivity index (χ1n) is 4.60. The van der Waals surface area contributed by atoms with Gasteiger partial charge in [-0.15, -0.1) is 0 Å². The van der Waals surface area contributed by atoms with Crippen LogP contribution in [0, 0.1) is 0 Å². The van der Waals surface area contributed by atoms with Crippen molar-refractivity contribution in [1.29, 1.82) is 0 Å². The Morgan fingerprint density at radius 1 is 1.50 bits per heavy atom. The molecule has 0 radical (unpaired) electrons. The summed E-state index contributed by atoms with van der Waals surface area (Å²) in [7, 11) is 1.83. The highest BCUT2D eigenvalue weighted by Crippen LogP contribution is 2.17. The molecule has 0 bridgehead atoms. The summed E-state index contributed by atoms with van der Waals surface area (Å²) in [5, 5.41) is 8.65. The molecule has 0 aromatic heterocycles. The number of aliphatic hydroxyl groups excluding tert-OH is 1. The largest absolute Gasteiger partial charge is 0.395 e. The minimum absolute atomic E-state index is 0.0556. The third-order valence-corrected chi connectivity index (χ3v) is 1.85. The monoisotopic (exact) mass is 177 g/mol. The van der Waals surface area contributed by atoms with Crippen LogP contribution in [0.25, 0.3) is 0 Å². The van der Waals surface area contributed by atoms with Gasteiger partial charge in [-0.25, -0.2) is 4.39 Å². The molecule has 1 aliphatic rings. The van der Waals surface area contributed by atoms with Crippen molar-refractivity contribution >= 4 is 0 Å². The topological polar surface area (TPSA) is 23.5 Å². The third-order valence-electron chi connectivity index (χ3n) is 1.85. The lowest BCUT2D eigenvalue weighted by atomic mass is 10.2. The van der Waals surface area contributed by atoms with E-state index in [1.54, 1.807) is 0 Å². The second kappa shape index (κ2) is 6.38. The molecule has 0 amide bonds. The van der Waals surface area contributed by atoms with Crippen LogP contribution in [0.15, 0.2) is 0 Å². The van der Waals surface area contributed by atoms with Crippen LogP contribution in [-0.4, -0.2) is 42.4 Å². The van der Waals surface area contributed by atoms with Gasteiger partial charge < -0.3 is 5.11 Å². The quantitative estimate of drug-likeness (QED) is 0.655. The van der Waals surface area contributed by atoms with Gasteiger partial charge in [0.25, 0.3) is 0 Å². The van der Waals surface area contributed by atoms with E-state index in [0.717, 1.165) is 0 Å². The van der Waals surface area contributed by atoms with Gasteiger partial charge in [-0.1, -0.05) is 20.3 Å². The molecule has 1 heterocycles. The van der Waals surface area contributed by atoms with E-state index in [9.17, 15) is 4.39 Å². The Hall–Kier alpha value is -0.150. The van der Waals surface area contributed by atoms with Crippen molar-refractivity contribution in [2.75, 3.05) is 20.2 Å². The summed E-state index contributed by atoms with van der Waals surface area (Å²) in [5.74, 6) is 0. The Morgan fingerprint density at radius 3 is 2.17 bits per heavy atom. The van der Waals surface area contributed by atoms with Crippen LogP contribution < -0.4 is 0 Å². The van der Waals surface area contributed by atoms with Gasteiger partial charge in [-0.2, -0.15) is 0 Å². The zero-order chi connectivity index (χ0) is 9.56. The second-order valence-corrected chi connectivity index (χ2v) is 3.32. The van der Waals surface area contributed by atoms with Gasteiger partial charge in [0.2, 0.25) is 0 Å². The number of nitrogens with zero attached hydrogens (tertiary/aromatic N) is 1. The van der Waals surface area contributed by atoms with E-state index in [2.05, 4.69) is 13.8 Å². The Labute approximate surface area is 74.4 Å². The molecule has 3 heteroatoms. The number of aliphatic hydroxyl groups is 1. The fraction of sp³-hybridized carbons (Fsp3) is 1.00. The van der Waals surface area contributed by atoms with Crippen LogP contribution in [-0.2, 0) is 0 Å². The Bertz CT molecular complexity index is 111. The first-order valence-corrected chi connectivity index (χ1v) is 4.60. The summed E-state index contributed by atoms with van der Waals surface area (Å²) in [6.07, 6.45) is 1.01. The molecule has 0 aromatic carbocycles. The zero-order valence-corrected chi connectivity index (χ0v) is 8.26. The standard InChI is InChI=1S/C6H12FNO.C3H8/c1-8-3-5(7)2-6(8)4-9;1-3-2/h5-6,9H,2-4H2,1H3;3H2,1-2H3. The van der Waals surface area contributed by atoms with E-state index in [0.29, 0.717) is 13.0 Å². The molecule has 2 nitrogen and oxygen atoms in total. The molecular weight excluding hydrogens is 157 g/mol. The molecule has 1 saturated heterocycles. The Kier molecular flexibility index (Phi) is 6.30. The summed E-state index contributed by atoms with van der Waals surface area (Å²) in [6.45, 7) is 4.81. The first-order chi connectivity index (χ1) is 5.65. The number of rotatable bonds is 1. The van der Waals surface area contributed by atoms with Crippen LogP contribution in [0.5, 0.6) is 0 Å². The van der Waals surface area contributed by atoms with Crippen LogP contribution in [0.2, 0.25) is 0 Å². The van der Waals surface area contributed by atoms with Crippen LogP contribution in [0.3, 0.4) is 0 Å². The number of hydrogen-bond donors (Lipinski definition) is 1. The summed E-state index contributed by atoms with van der Waals surface area (Å²) in [4.78, 5) is 1.85. The van der Waals surface area contributed by atoms with Crippen molar-refractivity contribution < 1.29 is 9.50 Å². The van der Waals surface area contributed by atoms with Crippen molar-refractivity contribution in [3.05, 3.63) is 0 Å². The molecule has 1 rings (SSSR count). The molecule has 1 aliphatic heterocycles. The van der Waals surface area contributed by atoms with Gasteiger partial charge in [0, 0.05) is 12.6 Å². The molecule has 0 aliphatic carbocycles. The maximum absolute atomic E-state index is 12.5. The normalized spacial score (nSPS) is 29.8. The van der Waals surface area contributed by atoms with Crippen molar-refractivity contribution in [2.45, 2.75) is 38.9 Å². The van der Waals surface area contributed by atoms with Gasteiger partial charge in [-0.3, -0.25) is 4.90 Å². The number of hydrogen-bond acceptors (Lipinski definition) is 2. The van der Waals surface area contributed by atoms with Gasteiger partial charge in [-0.05, 0) is 13.5 Å². The highest BCUT2D eigenvalue weighted by atomic mass is 19.1. The Morgan fingerprint density at radius 2 is 2.00 bits per heavy atom. The van der Waals surface area contributed by atoms with Crippen LogP contribution in [0.4, 0.5) is 4.39 Å². The molecule has 2 atom stereocenters. The molecule has 74 valence electrons. The first kappa shape index (κ1) is 11.8. The number of halogens is 1. The average Bonchev–Trinajstić information content (AvgIpc) is 2.31.